The molecule has 0 radical (unpaired) electrons. The van der Waals surface area contributed by atoms with Gasteiger partial charge in [0.05, 0.1) is 18.2 Å². The van der Waals surface area contributed by atoms with E-state index in [-0.39, 0.29) is 5.91 Å². The van der Waals surface area contributed by atoms with Crippen LogP contribution in [0.2, 0.25) is 0 Å². The summed E-state index contributed by atoms with van der Waals surface area (Å²) < 4.78 is 1.93. The van der Waals surface area contributed by atoms with Crippen molar-refractivity contribution < 1.29 is 4.79 Å². The third-order valence-corrected chi connectivity index (χ3v) is 2.74. The summed E-state index contributed by atoms with van der Waals surface area (Å²) in [5.41, 5.74) is 7.55. The van der Waals surface area contributed by atoms with Crippen LogP contribution in [0.1, 0.15) is 13.3 Å². The zero-order valence-electron chi connectivity index (χ0n) is 10.8. The molecule has 0 fully saturated rings. The zero-order chi connectivity index (χ0) is 13.7. The molecule has 0 saturated heterocycles. The molecule has 0 aliphatic carbocycles. The molecule has 2 aromatic heterocycles. The lowest BCUT2D eigenvalue weighted by atomic mass is 10.2. The maximum atomic E-state index is 11.5. The molecule has 0 spiro atoms. The Morgan fingerprint density at radius 3 is 3.11 bits per heavy atom. The Kier molecular flexibility index (Phi) is 4.12. The Morgan fingerprint density at radius 1 is 1.53 bits per heavy atom. The monoisotopic (exact) mass is 259 g/mol. The highest BCUT2D eigenvalue weighted by Crippen LogP contribution is 2.20. The average Bonchev–Trinajstić information content (AvgIpc) is 2.85. The van der Waals surface area contributed by atoms with Gasteiger partial charge in [0, 0.05) is 31.3 Å². The maximum absolute atomic E-state index is 11.5. The van der Waals surface area contributed by atoms with Crippen LogP contribution in [0, 0.1) is 0 Å². The van der Waals surface area contributed by atoms with E-state index in [1.54, 1.807) is 24.8 Å². The van der Waals surface area contributed by atoms with E-state index in [0.717, 1.165) is 11.3 Å². The summed E-state index contributed by atoms with van der Waals surface area (Å²) in [5, 5.41) is 2.77. The summed E-state index contributed by atoms with van der Waals surface area (Å²) in [6, 6.07) is 3.66. The first-order valence-corrected chi connectivity index (χ1v) is 6.19. The van der Waals surface area contributed by atoms with Crippen LogP contribution in [-0.4, -0.2) is 27.0 Å². The number of carbonyl (C=O) groups excluding carboxylic acids is 1. The number of imidazole rings is 1. The fourth-order valence-electron chi connectivity index (χ4n) is 1.85. The van der Waals surface area contributed by atoms with Crippen LogP contribution in [-0.2, 0) is 11.3 Å². The van der Waals surface area contributed by atoms with Crippen LogP contribution >= 0.6 is 0 Å². The van der Waals surface area contributed by atoms with Crippen molar-refractivity contribution in [2.75, 3.05) is 12.3 Å². The maximum Gasteiger partial charge on any atom is 0.221 e. The molecule has 0 saturated carbocycles. The number of nitrogens with two attached hydrogens (primary N) is 1. The van der Waals surface area contributed by atoms with Crippen molar-refractivity contribution in [1.29, 1.82) is 0 Å². The Balaban J connectivity index is 2.12. The molecule has 0 aliphatic heterocycles. The molecule has 3 N–H and O–H groups in total. The number of rotatable bonds is 5. The Bertz CT molecular complexity index is 564. The van der Waals surface area contributed by atoms with E-state index in [4.69, 9.17) is 5.73 Å². The molecule has 2 heterocycles. The molecule has 0 bridgehead atoms. The first-order chi connectivity index (χ1) is 9.20. The third kappa shape index (κ3) is 3.31. The number of hydrogen-bond donors (Lipinski definition) is 2. The summed E-state index contributed by atoms with van der Waals surface area (Å²) in [5.74, 6) is 0.505. The van der Waals surface area contributed by atoms with Crippen molar-refractivity contribution in [2.45, 2.75) is 19.9 Å². The average molecular weight is 259 g/mol. The van der Waals surface area contributed by atoms with E-state index in [9.17, 15) is 4.79 Å². The highest BCUT2D eigenvalue weighted by atomic mass is 16.1. The number of hydrogen-bond acceptors (Lipinski definition) is 4. The number of pyridine rings is 1. The number of aromatic nitrogens is 3. The lowest BCUT2D eigenvalue weighted by Crippen LogP contribution is -2.23. The van der Waals surface area contributed by atoms with Gasteiger partial charge in [0.1, 0.15) is 5.82 Å². The molecule has 1 amide bonds. The molecule has 2 rings (SSSR count). The van der Waals surface area contributed by atoms with E-state index in [1.807, 2.05) is 17.6 Å². The highest BCUT2D eigenvalue weighted by molar-refractivity contribution is 5.75. The van der Waals surface area contributed by atoms with E-state index in [0.29, 0.717) is 25.3 Å². The smallest absolute Gasteiger partial charge is 0.221 e. The summed E-state index contributed by atoms with van der Waals surface area (Å²) in [6.45, 7) is 3.14. The molecule has 0 aliphatic rings. The molecular weight excluding hydrogens is 242 g/mol. The highest BCUT2D eigenvalue weighted by Gasteiger charge is 2.07. The van der Waals surface area contributed by atoms with Gasteiger partial charge in [-0.05, 0) is 19.1 Å². The van der Waals surface area contributed by atoms with Gasteiger partial charge in [-0.3, -0.25) is 4.79 Å². The standard InChI is InChI=1S/C13H17N5O/c1-2-16-13(19)4-6-18-9-15-8-11(18)10-3-5-17-12(14)7-10/h3,5,7-9H,2,4,6H2,1H3,(H2,14,17)(H,16,19). The second kappa shape index (κ2) is 5.99. The minimum atomic E-state index is 0.0383. The molecular formula is C13H17N5O. The number of carbonyl (C=O) groups is 1. The zero-order valence-corrected chi connectivity index (χ0v) is 10.8. The molecule has 100 valence electrons. The van der Waals surface area contributed by atoms with Gasteiger partial charge >= 0.3 is 0 Å². The van der Waals surface area contributed by atoms with Crippen molar-refractivity contribution in [3.05, 3.63) is 30.9 Å². The van der Waals surface area contributed by atoms with Gasteiger partial charge in [-0.2, -0.15) is 0 Å². The van der Waals surface area contributed by atoms with Crippen molar-refractivity contribution in [3.63, 3.8) is 0 Å². The van der Waals surface area contributed by atoms with Crippen molar-refractivity contribution in [1.82, 2.24) is 19.9 Å². The summed E-state index contributed by atoms with van der Waals surface area (Å²) in [4.78, 5) is 19.5. The van der Waals surface area contributed by atoms with Crippen LogP contribution in [0.3, 0.4) is 0 Å². The van der Waals surface area contributed by atoms with Gasteiger partial charge in [0.2, 0.25) is 5.91 Å². The van der Waals surface area contributed by atoms with Gasteiger partial charge in [-0.1, -0.05) is 0 Å². The lowest BCUT2D eigenvalue weighted by molar-refractivity contribution is -0.121. The largest absolute Gasteiger partial charge is 0.384 e. The van der Waals surface area contributed by atoms with E-state index in [2.05, 4.69) is 15.3 Å². The summed E-state index contributed by atoms with van der Waals surface area (Å²) in [6.07, 6.45) is 5.56. The quantitative estimate of drug-likeness (QED) is 0.840. The fraction of sp³-hybridized carbons (Fsp3) is 0.308. The minimum absolute atomic E-state index is 0.0383. The second-order valence-corrected chi connectivity index (χ2v) is 4.15. The number of aryl methyl sites for hydroxylation is 1. The summed E-state index contributed by atoms with van der Waals surface area (Å²) >= 11 is 0. The number of nitrogen functional groups attached to an aromatic ring is 1. The summed E-state index contributed by atoms with van der Waals surface area (Å²) in [7, 11) is 0. The van der Waals surface area contributed by atoms with Gasteiger partial charge < -0.3 is 15.6 Å². The molecule has 6 nitrogen and oxygen atoms in total. The van der Waals surface area contributed by atoms with Crippen molar-refractivity contribution in [3.8, 4) is 11.3 Å². The van der Waals surface area contributed by atoms with Crippen LogP contribution in [0.4, 0.5) is 5.82 Å². The normalized spacial score (nSPS) is 10.4. The molecule has 6 heteroatoms. The predicted octanol–water partition coefficient (Wildman–Crippen LogP) is 1.05. The van der Waals surface area contributed by atoms with Gasteiger partial charge in [-0.15, -0.1) is 0 Å². The number of amides is 1. The van der Waals surface area contributed by atoms with E-state index < -0.39 is 0 Å². The first kappa shape index (κ1) is 13.1. The van der Waals surface area contributed by atoms with Crippen LogP contribution < -0.4 is 11.1 Å². The molecule has 2 aromatic rings. The van der Waals surface area contributed by atoms with Crippen molar-refractivity contribution in [2.24, 2.45) is 0 Å². The van der Waals surface area contributed by atoms with Gasteiger partial charge in [0.15, 0.2) is 0 Å². The molecule has 0 atom stereocenters. The molecule has 0 aromatic carbocycles. The Labute approximate surface area is 111 Å². The molecule has 0 unspecified atom stereocenters. The molecule has 19 heavy (non-hydrogen) atoms. The first-order valence-electron chi connectivity index (χ1n) is 6.19. The van der Waals surface area contributed by atoms with Gasteiger partial charge in [-0.25, -0.2) is 9.97 Å². The van der Waals surface area contributed by atoms with Crippen LogP contribution in [0.5, 0.6) is 0 Å². The Hall–Kier alpha value is -2.37. The second-order valence-electron chi connectivity index (χ2n) is 4.15. The predicted molar refractivity (Wildman–Crippen MR) is 73.2 cm³/mol. The van der Waals surface area contributed by atoms with E-state index >= 15 is 0 Å². The number of nitrogens with zero attached hydrogens (tertiary/aromatic N) is 3. The Morgan fingerprint density at radius 2 is 2.37 bits per heavy atom. The third-order valence-electron chi connectivity index (χ3n) is 2.74. The lowest BCUT2D eigenvalue weighted by Gasteiger charge is -2.08. The SMILES string of the molecule is CCNC(=O)CCn1cncc1-c1ccnc(N)c1. The van der Waals surface area contributed by atoms with Gasteiger partial charge in [0.25, 0.3) is 0 Å². The van der Waals surface area contributed by atoms with Crippen LogP contribution in [0.25, 0.3) is 11.3 Å². The minimum Gasteiger partial charge on any atom is -0.384 e. The number of anilines is 1. The fourth-order valence-corrected chi connectivity index (χ4v) is 1.85. The topological polar surface area (TPSA) is 85.8 Å². The van der Waals surface area contributed by atoms with E-state index in [1.165, 1.54) is 0 Å². The van der Waals surface area contributed by atoms with Crippen LogP contribution in [0.15, 0.2) is 30.9 Å². The number of nitrogens with one attached hydrogen (secondary N) is 1. The van der Waals surface area contributed by atoms with Crippen molar-refractivity contribution >= 4 is 11.7 Å².